The Labute approximate surface area is 82.8 Å². The Bertz CT molecular complexity index is 320. The van der Waals surface area contributed by atoms with Crippen molar-refractivity contribution in [2.45, 2.75) is 26.8 Å². The molecule has 0 aliphatic heterocycles. The van der Waals surface area contributed by atoms with E-state index in [-0.39, 0.29) is 5.82 Å². The third-order valence-electron chi connectivity index (χ3n) is 1.74. The first-order valence-corrected chi connectivity index (χ1v) is 4.69. The van der Waals surface area contributed by atoms with Gasteiger partial charge in [0, 0.05) is 12.7 Å². The van der Waals surface area contributed by atoms with Crippen molar-refractivity contribution in [2.75, 3.05) is 12.3 Å². The molecule has 0 unspecified atom stereocenters. The van der Waals surface area contributed by atoms with Gasteiger partial charge in [0.05, 0.1) is 6.61 Å². The smallest absolute Gasteiger partial charge is 0.343 e. The van der Waals surface area contributed by atoms with Gasteiger partial charge in [-0.05, 0) is 13.3 Å². The van der Waals surface area contributed by atoms with Crippen molar-refractivity contribution in [2.24, 2.45) is 0 Å². The van der Waals surface area contributed by atoms with Crippen molar-refractivity contribution < 1.29 is 9.53 Å². The van der Waals surface area contributed by atoms with Gasteiger partial charge in [-0.25, -0.2) is 4.79 Å². The molecule has 0 saturated heterocycles. The molecule has 1 aromatic heterocycles. The molecule has 0 amide bonds. The summed E-state index contributed by atoms with van der Waals surface area (Å²) in [5.41, 5.74) is 5.92. The summed E-state index contributed by atoms with van der Waals surface area (Å²) in [6, 6.07) is 0. The van der Waals surface area contributed by atoms with Crippen LogP contribution in [0.3, 0.4) is 0 Å². The molecular formula is C9H15N3O2. The highest BCUT2D eigenvalue weighted by molar-refractivity contribution is 5.93. The summed E-state index contributed by atoms with van der Waals surface area (Å²) in [5, 5.41) is 4.00. The van der Waals surface area contributed by atoms with E-state index in [9.17, 15) is 4.79 Å². The number of rotatable bonds is 4. The zero-order valence-corrected chi connectivity index (χ0v) is 8.49. The van der Waals surface area contributed by atoms with Crippen LogP contribution in [0.1, 0.15) is 30.6 Å². The Morgan fingerprint density at radius 3 is 2.93 bits per heavy atom. The van der Waals surface area contributed by atoms with Crippen molar-refractivity contribution in [1.29, 1.82) is 0 Å². The van der Waals surface area contributed by atoms with Crippen molar-refractivity contribution in [1.82, 2.24) is 9.78 Å². The van der Waals surface area contributed by atoms with Gasteiger partial charge in [0.15, 0.2) is 5.82 Å². The van der Waals surface area contributed by atoms with E-state index in [0.29, 0.717) is 12.2 Å². The molecule has 5 heteroatoms. The molecule has 0 aromatic carbocycles. The van der Waals surface area contributed by atoms with E-state index in [1.165, 1.54) is 0 Å². The predicted molar refractivity (Wildman–Crippen MR) is 52.9 cm³/mol. The van der Waals surface area contributed by atoms with Crippen molar-refractivity contribution >= 4 is 11.8 Å². The van der Waals surface area contributed by atoms with Gasteiger partial charge < -0.3 is 10.5 Å². The third kappa shape index (κ3) is 2.25. The minimum atomic E-state index is -0.410. The molecule has 5 nitrogen and oxygen atoms in total. The largest absolute Gasteiger partial charge is 0.462 e. The van der Waals surface area contributed by atoms with E-state index in [2.05, 4.69) is 5.10 Å². The number of carbonyl (C=O) groups excluding carboxylic acids is 1. The normalized spacial score (nSPS) is 10.1. The van der Waals surface area contributed by atoms with Gasteiger partial charge in [-0.15, -0.1) is 0 Å². The molecule has 14 heavy (non-hydrogen) atoms. The Kier molecular flexibility index (Phi) is 3.50. The van der Waals surface area contributed by atoms with Crippen LogP contribution in [0, 0.1) is 0 Å². The van der Waals surface area contributed by atoms with Crippen molar-refractivity contribution in [3.8, 4) is 0 Å². The number of nitrogen functional groups attached to an aromatic ring is 1. The first-order valence-electron chi connectivity index (χ1n) is 4.69. The number of esters is 1. The van der Waals surface area contributed by atoms with Gasteiger partial charge in [0.2, 0.25) is 0 Å². The summed E-state index contributed by atoms with van der Waals surface area (Å²) in [6.45, 7) is 4.88. The van der Waals surface area contributed by atoms with Crippen LogP contribution in [0.25, 0.3) is 0 Å². The molecule has 78 valence electrons. The summed E-state index contributed by atoms with van der Waals surface area (Å²) in [7, 11) is 0. The number of ether oxygens (including phenoxy) is 1. The van der Waals surface area contributed by atoms with Crippen LogP contribution >= 0.6 is 0 Å². The maximum absolute atomic E-state index is 11.3. The fraction of sp³-hybridized carbons (Fsp3) is 0.556. The van der Waals surface area contributed by atoms with Crippen LogP contribution in [0.5, 0.6) is 0 Å². The van der Waals surface area contributed by atoms with Crippen LogP contribution in [0.4, 0.5) is 5.82 Å². The van der Waals surface area contributed by atoms with E-state index in [1.54, 1.807) is 17.8 Å². The summed E-state index contributed by atoms with van der Waals surface area (Å²) < 4.78 is 6.48. The fourth-order valence-electron chi connectivity index (χ4n) is 1.15. The highest BCUT2D eigenvalue weighted by atomic mass is 16.5. The summed E-state index contributed by atoms with van der Waals surface area (Å²) >= 11 is 0. The van der Waals surface area contributed by atoms with Crippen LogP contribution in [-0.4, -0.2) is 22.4 Å². The third-order valence-corrected chi connectivity index (χ3v) is 1.74. The molecular weight excluding hydrogens is 182 g/mol. The molecule has 0 bridgehead atoms. The van der Waals surface area contributed by atoms with Gasteiger partial charge in [-0.3, -0.25) is 4.68 Å². The molecule has 0 saturated carbocycles. The first kappa shape index (κ1) is 10.6. The number of carbonyl (C=O) groups is 1. The number of aryl methyl sites for hydroxylation is 1. The lowest BCUT2D eigenvalue weighted by Crippen LogP contribution is -2.06. The van der Waals surface area contributed by atoms with Gasteiger partial charge >= 0.3 is 5.97 Å². The molecule has 0 aliphatic rings. The van der Waals surface area contributed by atoms with Gasteiger partial charge in [0.1, 0.15) is 5.56 Å². The van der Waals surface area contributed by atoms with E-state index in [4.69, 9.17) is 10.5 Å². The SMILES string of the molecule is CCCn1cc(C(=O)OCC)c(N)n1. The van der Waals surface area contributed by atoms with Gasteiger partial charge in [-0.1, -0.05) is 6.92 Å². The van der Waals surface area contributed by atoms with E-state index in [0.717, 1.165) is 13.0 Å². The Morgan fingerprint density at radius 2 is 2.36 bits per heavy atom. The highest BCUT2D eigenvalue weighted by Gasteiger charge is 2.14. The zero-order chi connectivity index (χ0) is 10.6. The zero-order valence-electron chi connectivity index (χ0n) is 8.49. The molecule has 0 spiro atoms. The first-order chi connectivity index (χ1) is 6.69. The lowest BCUT2D eigenvalue weighted by atomic mass is 10.3. The topological polar surface area (TPSA) is 70.1 Å². The Hall–Kier alpha value is -1.52. The minimum Gasteiger partial charge on any atom is -0.462 e. The second kappa shape index (κ2) is 4.64. The number of hydrogen-bond donors (Lipinski definition) is 1. The lowest BCUT2D eigenvalue weighted by Gasteiger charge is -1.97. The second-order valence-electron chi connectivity index (χ2n) is 2.91. The molecule has 1 heterocycles. The summed E-state index contributed by atoms with van der Waals surface area (Å²) in [4.78, 5) is 11.3. The number of nitrogens with zero attached hydrogens (tertiary/aromatic N) is 2. The Balaban J connectivity index is 2.81. The average Bonchev–Trinajstić information content (AvgIpc) is 2.48. The van der Waals surface area contributed by atoms with Crippen LogP contribution in [0.2, 0.25) is 0 Å². The number of aromatic nitrogens is 2. The summed E-state index contributed by atoms with van der Waals surface area (Å²) in [6.07, 6.45) is 2.57. The standard InChI is InChI=1S/C9H15N3O2/c1-3-5-12-6-7(8(10)11-12)9(13)14-4-2/h6H,3-5H2,1-2H3,(H2,10,11). The maximum atomic E-state index is 11.3. The van der Waals surface area contributed by atoms with E-state index >= 15 is 0 Å². The molecule has 1 rings (SSSR count). The molecule has 0 atom stereocenters. The summed E-state index contributed by atoms with van der Waals surface area (Å²) in [5.74, 6) is -0.177. The highest BCUT2D eigenvalue weighted by Crippen LogP contribution is 2.10. The second-order valence-corrected chi connectivity index (χ2v) is 2.91. The monoisotopic (exact) mass is 197 g/mol. The van der Waals surface area contributed by atoms with Crippen LogP contribution in [-0.2, 0) is 11.3 Å². The maximum Gasteiger partial charge on any atom is 0.343 e. The Morgan fingerprint density at radius 1 is 1.64 bits per heavy atom. The quantitative estimate of drug-likeness (QED) is 0.732. The van der Waals surface area contributed by atoms with Crippen molar-refractivity contribution in [3.05, 3.63) is 11.8 Å². The fourth-order valence-corrected chi connectivity index (χ4v) is 1.15. The lowest BCUT2D eigenvalue weighted by molar-refractivity contribution is 0.0527. The minimum absolute atomic E-state index is 0.233. The predicted octanol–water partition coefficient (Wildman–Crippen LogP) is 1.05. The molecule has 0 radical (unpaired) electrons. The average molecular weight is 197 g/mol. The molecule has 0 fully saturated rings. The van der Waals surface area contributed by atoms with Gasteiger partial charge in [0.25, 0.3) is 0 Å². The number of anilines is 1. The van der Waals surface area contributed by atoms with Crippen LogP contribution < -0.4 is 5.73 Å². The van der Waals surface area contributed by atoms with Crippen LogP contribution in [0.15, 0.2) is 6.20 Å². The van der Waals surface area contributed by atoms with E-state index < -0.39 is 5.97 Å². The van der Waals surface area contributed by atoms with Gasteiger partial charge in [-0.2, -0.15) is 5.10 Å². The molecule has 0 aliphatic carbocycles. The molecule has 2 N–H and O–H groups in total. The number of nitrogens with two attached hydrogens (primary N) is 1. The van der Waals surface area contributed by atoms with Crippen molar-refractivity contribution in [3.63, 3.8) is 0 Å². The number of hydrogen-bond acceptors (Lipinski definition) is 4. The molecule has 1 aromatic rings. The van der Waals surface area contributed by atoms with E-state index in [1.807, 2.05) is 6.92 Å².